The summed E-state index contributed by atoms with van der Waals surface area (Å²) in [6.45, 7) is 0. The van der Waals surface area contributed by atoms with Gasteiger partial charge in [-0.25, -0.2) is 0 Å². The normalized spacial score (nSPS) is 11.9. The molecule has 0 amide bonds. The number of methoxy groups -OCH3 is 1. The third kappa shape index (κ3) is 3.76. The molecule has 21 heavy (non-hydrogen) atoms. The molecule has 0 heterocycles. The number of aliphatic carboxylic acids is 1. The van der Waals surface area contributed by atoms with Crippen LogP contribution in [0.3, 0.4) is 0 Å². The van der Waals surface area contributed by atoms with Crippen LogP contribution in [0.1, 0.15) is 17.0 Å². The van der Waals surface area contributed by atoms with E-state index in [-0.39, 0.29) is 12.2 Å². The number of carboxylic acids is 1. The van der Waals surface area contributed by atoms with Gasteiger partial charge in [0.25, 0.3) is 0 Å². The lowest BCUT2D eigenvalue weighted by atomic mass is 9.91. The van der Waals surface area contributed by atoms with Gasteiger partial charge in [0.1, 0.15) is 11.5 Å². The van der Waals surface area contributed by atoms with E-state index in [4.69, 9.17) is 4.74 Å². The molecular weight excluding hydrogens is 336 g/mol. The standard InChI is InChI=1S/C16H15BrO4/c1-21-13-5-2-10(3-6-13)14(16(19)20)9-11-8-12(17)4-7-15(11)18/h2-8,14,18H,9H2,1H3,(H,19,20). The van der Waals surface area contributed by atoms with Crippen LogP contribution in [-0.2, 0) is 11.2 Å². The molecule has 0 saturated heterocycles. The molecule has 2 rings (SSSR count). The molecule has 5 heteroatoms. The van der Waals surface area contributed by atoms with E-state index in [0.717, 1.165) is 4.47 Å². The van der Waals surface area contributed by atoms with Crippen LogP contribution in [0.25, 0.3) is 0 Å². The van der Waals surface area contributed by atoms with E-state index in [2.05, 4.69) is 15.9 Å². The van der Waals surface area contributed by atoms with Crippen molar-refractivity contribution in [3.05, 3.63) is 58.1 Å². The molecule has 0 radical (unpaired) electrons. The smallest absolute Gasteiger partial charge is 0.311 e. The van der Waals surface area contributed by atoms with Crippen LogP contribution in [0.15, 0.2) is 46.9 Å². The number of phenolic OH excluding ortho intramolecular Hbond substituents is 1. The van der Waals surface area contributed by atoms with E-state index in [9.17, 15) is 15.0 Å². The van der Waals surface area contributed by atoms with Crippen LogP contribution in [-0.4, -0.2) is 23.3 Å². The molecule has 4 nitrogen and oxygen atoms in total. The summed E-state index contributed by atoms with van der Waals surface area (Å²) in [5, 5.41) is 19.3. The Kier molecular flexibility index (Phi) is 4.85. The van der Waals surface area contributed by atoms with Crippen molar-refractivity contribution in [3.63, 3.8) is 0 Å². The summed E-state index contributed by atoms with van der Waals surface area (Å²) in [5.41, 5.74) is 1.26. The van der Waals surface area contributed by atoms with Crippen molar-refractivity contribution in [2.24, 2.45) is 0 Å². The molecule has 110 valence electrons. The SMILES string of the molecule is COc1ccc(C(Cc2cc(Br)ccc2O)C(=O)O)cc1. The minimum absolute atomic E-state index is 0.0953. The fourth-order valence-corrected chi connectivity index (χ4v) is 2.53. The van der Waals surface area contributed by atoms with E-state index in [1.807, 2.05) is 0 Å². The third-order valence-corrected chi connectivity index (χ3v) is 3.78. The minimum atomic E-state index is -0.931. The van der Waals surface area contributed by atoms with Gasteiger partial charge >= 0.3 is 5.97 Å². The topological polar surface area (TPSA) is 66.8 Å². The van der Waals surface area contributed by atoms with Gasteiger partial charge < -0.3 is 14.9 Å². The number of hydrogen-bond donors (Lipinski definition) is 2. The highest BCUT2D eigenvalue weighted by molar-refractivity contribution is 9.10. The zero-order valence-corrected chi connectivity index (χ0v) is 13.0. The summed E-state index contributed by atoms with van der Waals surface area (Å²) in [4.78, 5) is 11.5. The number of halogens is 1. The summed E-state index contributed by atoms with van der Waals surface area (Å²) in [6.07, 6.45) is 0.215. The summed E-state index contributed by atoms with van der Waals surface area (Å²) in [7, 11) is 1.56. The van der Waals surface area contributed by atoms with E-state index in [1.54, 1.807) is 49.6 Å². The molecule has 0 aliphatic heterocycles. The van der Waals surface area contributed by atoms with Crippen LogP contribution in [0.4, 0.5) is 0 Å². The van der Waals surface area contributed by atoms with Gasteiger partial charge in [0.05, 0.1) is 13.0 Å². The van der Waals surface area contributed by atoms with Crippen molar-refractivity contribution in [1.29, 1.82) is 0 Å². The molecule has 0 saturated carbocycles. The number of aromatic hydroxyl groups is 1. The molecule has 0 aliphatic carbocycles. The Balaban J connectivity index is 2.30. The molecule has 1 unspecified atom stereocenters. The number of hydrogen-bond acceptors (Lipinski definition) is 3. The number of phenols is 1. The average molecular weight is 351 g/mol. The number of carbonyl (C=O) groups is 1. The van der Waals surface area contributed by atoms with Crippen LogP contribution < -0.4 is 4.74 Å². The van der Waals surface area contributed by atoms with Crippen LogP contribution in [0.5, 0.6) is 11.5 Å². The van der Waals surface area contributed by atoms with Gasteiger partial charge in [0.15, 0.2) is 0 Å². The first-order chi connectivity index (χ1) is 10.0. The van der Waals surface area contributed by atoms with Crippen molar-refractivity contribution >= 4 is 21.9 Å². The lowest BCUT2D eigenvalue weighted by Crippen LogP contribution is -2.14. The van der Waals surface area contributed by atoms with E-state index in [0.29, 0.717) is 16.9 Å². The zero-order valence-electron chi connectivity index (χ0n) is 11.4. The second kappa shape index (κ2) is 6.63. The second-order valence-corrected chi connectivity index (χ2v) is 5.56. The summed E-state index contributed by atoms with van der Waals surface area (Å²) < 4.78 is 5.87. The van der Waals surface area contributed by atoms with Crippen molar-refractivity contribution in [1.82, 2.24) is 0 Å². The van der Waals surface area contributed by atoms with Crippen molar-refractivity contribution in [3.8, 4) is 11.5 Å². The maximum absolute atomic E-state index is 11.5. The Morgan fingerprint density at radius 2 is 1.90 bits per heavy atom. The predicted octanol–water partition coefficient (Wildman–Crippen LogP) is 3.57. The summed E-state index contributed by atoms with van der Waals surface area (Å²) >= 11 is 3.32. The van der Waals surface area contributed by atoms with Crippen molar-refractivity contribution in [2.75, 3.05) is 7.11 Å². The Morgan fingerprint density at radius 1 is 1.24 bits per heavy atom. The number of rotatable bonds is 5. The largest absolute Gasteiger partial charge is 0.508 e. The molecule has 0 fully saturated rings. The summed E-state index contributed by atoms with van der Waals surface area (Å²) in [5.74, 6) is -0.887. The molecule has 2 aromatic rings. The lowest BCUT2D eigenvalue weighted by Gasteiger charge is -2.14. The fourth-order valence-electron chi connectivity index (χ4n) is 2.12. The number of ether oxygens (including phenoxy) is 1. The van der Waals surface area contributed by atoms with Gasteiger partial charge in [-0.05, 0) is 47.9 Å². The number of carboxylic acid groups (broad SMARTS) is 1. The second-order valence-electron chi connectivity index (χ2n) is 4.64. The Morgan fingerprint density at radius 3 is 2.48 bits per heavy atom. The van der Waals surface area contributed by atoms with Crippen LogP contribution in [0, 0.1) is 0 Å². The first-order valence-corrected chi connectivity index (χ1v) is 7.14. The highest BCUT2D eigenvalue weighted by Gasteiger charge is 2.22. The first-order valence-electron chi connectivity index (χ1n) is 6.35. The Hall–Kier alpha value is -2.01. The number of benzene rings is 2. The van der Waals surface area contributed by atoms with Crippen LogP contribution in [0.2, 0.25) is 0 Å². The molecule has 2 N–H and O–H groups in total. The predicted molar refractivity (Wildman–Crippen MR) is 82.9 cm³/mol. The molecule has 0 bridgehead atoms. The van der Waals surface area contributed by atoms with Gasteiger partial charge in [-0.3, -0.25) is 4.79 Å². The minimum Gasteiger partial charge on any atom is -0.508 e. The zero-order chi connectivity index (χ0) is 15.4. The van der Waals surface area contributed by atoms with Gasteiger partial charge in [-0.2, -0.15) is 0 Å². The highest BCUT2D eigenvalue weighted by Crippen LogP contribution is 2.29. The van der Waals surface area contributed by atoms with Crippen LogP contribution >= 0.6 is 15.9 Å². The highest BCUT2D eigenvalue weighted by atomic mass is 79.9. The quantitative estimate of drug-likeness (QED) is 0.864. The van der Waals surface area contributed by atoms with Crippen molar-refractivity contribution < 1.29 is 19.7 Å². The molecule has 0 aliphatic rings. The Labute approximate surface area is 131 Å². The third-order valence-electron chi connectivity index (χ3n) is 3.28. The average Bonchev–Trinajstić information content (AvgIpc) is 2.48. The Bertz CT molecular complexity index is 637. The lowest BCUT2D eigenvalue weighted by molar-refractivity contribution is -0.138. The van der Waals surface area contributed by atoms with Gasteiger partial charge in [-0.1, -0.05) is 28.1 Å². The maximum atomic E-state index is 11.5. The molecule has 1 atom stereocenters. The fraction of sp³-hybridized carbons (Fsp3) is 0.188. The van der Waals surface area contributed by atoms with Crippen molar-refractivity contribution in [2.45, 2.75) is 12.3 Å². The summed E-state index contributed by atoms with van der Waals surface area (Å²) in [6, 6.07) is 11.9. The maximum Gasteiger partial charge on any atom is 0.311 e. The molecule has 0 aromatic heterocycles. The molecule has 2 aromatic carbocycles. The first kappa shape index (κ1) is 15.4. The van der Waals surface area contributed by atoms with Gasteiger partial charge in [-0.15, -0.1) is 0 Å². The van der Waals surface area contributed by atoms with Gasteiger partial charge in [0, 0.05) is 4.47 Å². The van der Waals surface area contributed by atoms with E-state index < -0.39 is 11.9 Å². The molecular formula is C16H15BrO4. The molecule has 0 spiro atoms. The monoisotopic (exact) mass is 350 g/mol. The van der Waals surface area contributed by atoms with Gasteiger partial charge in [0.2, 0.25) is 0 Å². The van der Waals surface area contributed by atoms with E-state index in [1.165, 1.54) is 0 Å². The van der Waals surface area contributed by atoms with E-state index >= 15 is 0 Å².